The van der Waals surface area contributed by atoms with Gasteiger partial charge >= 0.3 is 5.97 Å². The Morgan fingerprint density at radius 3 is 2.50 bits per heavy atom. The van der Waals surface area contributed by atoms with Gasteiger partial charge in [-0.15, -0.1) is 0 Å². The number of carbonyl (C=O) groups is 3. The van der Waals surface area contributed by atoms with Gasteiger partial charge in [0.05, 0.1) is 13.0 Å². The van der Waals surface area contributed by atoms with Crippen LogP contribution in [0.2, 0.25) is 0 Å². The second-order valence-corrected chi connectivity index (χ2v) is 6.06. The zero-order valence-electron chi connectivity index (χ0n) is 16.0. The second kappa shape index (κ2) is 10.7. The molecule has 7 heteroatoms. The van der Waals surface area contributed by atoms with Crippen LogP contribution in [0.4, 0.5) is 5.69 Å². The summed E-state index contributed by atoms with van der Waals surface area (Å²) >= 11 is 0. The van der Waals surface area contributed by atoms with Gasteiger partial charge in [0.2, 0.25) is 0 Å². The number of esters is 1. The van der Waals surface area contributed by atoms with E-state index in [-0.39, 0.29) is 18.9 Å². The highest BCUT2D eigenvalue weighted by Gasteiger charge is 2.10. The topological polar surface area (TPSA) is 93.7 Å². The molecule has 2 amide bonds. The van der Waals surface area contributed by atoms with Crippen molar-refractivity contribution in [2.24, 2.45) is 0 Å². The summed E-state index contributed by atoms with van der Waals surface area (Å²) in [5.74, 6) is -0.569. The van der Waals surface area contributed by atoms with E-state index in [1.165, 1.54) is 0 Å². The number of amides is 2. The zero-order valence-corrected chi connectivity index (χ0v) is 16.0. The number of carbonyl (C=O) groups excluding carboxylic acids is 3. The Hall–Kier alpha value is -3.35. The SMILES string of the molecule is CCNC(=O)c1cccc(NC(=O)COC(=O)CCOc2ccc(C)cc2)c1. The zero-order chi connectivity index (χ0) is 20.4. The molecular formula is C21H24N2O5. The molecule has 0 aliphatic carbocycles. The molecule has 0 heterocycles. The van der Waals surface area contributed by atoms with E-state index < -0.39 is 18.5 Å². The van der Waals surface area contributed by atoms with Gasteiger partial charge in [-0.25, -0.2) is 0 Å². The third-order valence-electron chi connectivity index (χ3n) is 3.71. The molecule has 0 spiro atoms. The number of nitrogens with one attached hydrogen (secondary N) is 2. The van der Waals surface area contributed by atoms with Crippen molar-refractivity contribution >= 4 is 23.5 Å². The van der Waals surface area contributed by atoms with E-state index >= 15 is 0 Å². The minimum atomic E-state index is -0.529. The van der Waals surface area contributed by atoms with Crippen LogP contribution in [-0.2, 0) is 14.3 Å². The maximum Gasteiger partial charge on any atom is 0.309 e. The molecule has 0 unspecified atom stereocenters. The van der Waals surface area contributed by atoms with Crippen LogP contribution in [0.25, 0.3) is 0 Å². The average Bonchev–Trinajstić information content (AvgIpc) is 2.68. The maximum atomic E-state index is 11.9. The Morgan fingerprint density at radius 1 is 1.04 bits per heavy atom. The number of benzene rings is 2. The largest absolute Gasteiger partial charge is 0.493 e. The molecule has 0 atom stereocenters. The molecule has 0 saturated heterocycles. The Labute approximate surface area is 164 Å². The molecular weight excluding hydrogens is 360 g/mol. The minimum absolute atomic E-state index is 0.0355. The minimum Gasteiger partial charge on any atom is -0.493 e. The molecule has 0 fully saturated rings. The third-order valence-corrected chi connectivity index (χ3v) is 3.71. The summed E-state index contributed by atoms with van der Waals surface area (Å²) in [7, 11) is 0. The molecule has 2 aromatic carbocycles. The third kappa shape index (κ3) is 7.11. The number of ether oxygens (including phenoxy) is 2. The molecule has 0 saturated carbocycles. The van der Waals surface area contributed by atoms with E-state index in [0.717, 1.165) is 5.56 Å². The molecule has 0 aromatic heterocycles. The van der Waals surface area contributed by atoms with Gasteiger partial charge < -0.3 is 20.1 Å². The van der Waals surface area contributed by atoms with Crippen LogP contribution in [0.5, 0.6) is 5.75 Å². The van der Waals surface area contributed by atoms with Crippen molar-refractivity contribution in [3.63, 3.8) is 0 Å². The molecule has 2 N–H and O–H groups in total. The Kier molecular flexibility index (Phi) is 8.02. The highest BCUT2D eigenvalue weighted by Crippen LogP contribution is 2.12. The van der Waals surface area contributed by atoms with Gasteiger partial charge in [0.25, 0.3) is 11.8 Å². The lowest BCUT2D eigenvalue weighted by atomic mass is 10.2. The Morgan fingerprint density at radius 2 is 1.79 bits per heavy atom. The molecule has 2 rings (SSSR count). The van der Waals surface area contributed by atoms with E-state index in [4.69, 9.17) is 9.47 Å². The second-order valence-electron chi connectivity index (χ2n) is 6.06. The summed E-state index contributed by atoms with van der Waals surface area (Å²) in [4.78, 5) is 35.5. The highest BCUT2D eigenvalue weighted by atomic mass is 16.5. The van der Waals surface area contributed by atoms with Crippen molar-refractivity contribution in [2.75, 3.05) is 25.1 Å². The van der Waals surface area contributed by atoms with Gasteiger partial charge in [0.1, 0.15) is 5.75 Å². The number of rotatable bonds is 9. The van der Waals surface area contributed by atoms with Crippen molar-refractivity contribution in [3.8, 4) is 5.75 Å². The quantitative estimate of drug-likeness (QED) is 0.649. The lowest BCUT2D eigenvalue weighted by molar-refractivity contribution is -0.147. The van der Waals surface area contributed by atoms with Crippen molar-refractivity contribution in [1.82, 2.24) is 5.32 Å². The van der Waals surface area contributed by atoms with Crippen molar-refractivity contribution in [1.29, 1.82) is 0 Å². The Balaban J connectivity index is 1.71. The first-order valence-corrected chi connectivity index (χ1v) is 9.01. The fourth-order valence-corrected chi connectivity index (χ4v) is 2.30. The van der Waals surface area contributed by atoms with Gasteiger partial charge in [-0.2, -0.15) is 0 Å². The molecule has 28 heavy (non-hydrogen) atoms. The number of anilines is 1. The van der Waals surface area contributed by atoms with Crippen molar-refractivity contribution in [3.05, 3.63) is 59.7 Å². The maximum absolute atomic E-state index is 11.9. The van der Waals surface area contributed by atoms with Crippen LogP contribution in [0.15, 0.2) is 48.5 Å². The average molecular weight is 384 g/mol. The lowest BCUT2D eigenvalue weighted by Crippen LogP contribution is -2.24. The molecule has 0 radical (unpaired) electrons. The first-order chi connectivity index (χ1) is 13.5. The lowest BCUT2D eigenvalue weighted by Gasteiger charge is -2.09. The van der Waals surface area contributed by atoms with E-state index in [2.05, 4.69) is 10.6 Å². The van der Waals surface area contributed by atoms with Crippen molar-refractivity contribution in [2.45, 2.75) is 20.3 Å². The first kappa shape index (κ1) is 21.0. The van der Waals surface area contributed by atoms with Gasteiger partial charge in [-0.3, -0.25) is 14.4 Å². The van der Waals surface area contributed by atoms with Crippen molar-refractivity contribution < 1.29 is 23.9 Å². The summed E-state index contributed by atoms with van der Waals surface area (Å²) < 4.78 is 10.4. The monoisotopic (exact) mass is 384 g/mol. The van der Waals surface area contributed by atoms with Crippen LogP contribution >= 0.6 is 0 Å². The normalized spacial score (nSPS) is 10.1. The van der Waals surface area contributed by atoms with Gasteiger partial charge in [0.15, 0.2) is 6.61 Å². The molecule has 0 aliphatic heterocycles. The molecule has 0 bridgehead atoms. The van der Waals surface area contributed by atoms with Crippen LogP contribution in [-0.4, -0.2) is 37.5 Å². The van der Waals surface area contributed by atoms with Crippen LogP contribution in [0, 0.1) is 6.92 Å². The fraction of sp³-hybridized carbons (Fsp3) is 0.286. The van der Waals surface area contributed by atoms with Gasteiger partial charge in [0, 0.05) is 17.8 Å². The molecule has 7 nitrogen and oxygen atoms in total. The Bertz CT molecular complexity index is 818. The first-order valence-electron chi connectivity index (χ1n) is 9.01. The van der Waals surface area contributed by atoms with E-state index in [1.54, 1.807) is 24.3 Å². The molecule has 148 valence electrons. The van der Waals surface area contributed by atoms with E-state index in [9.17, 15) is 14.4 Å². The van der Waals surface area contributed by atoms with E-state index in [1.807, 2.05) is 38.1 Å². The summed E-state index contributed by atoms with van der Waals surface area (Å²) in [5.41, 5.74) is 2.01. The number of hydrogen-bond acceptors (Lipinski definition) is 5. The van der Waals surface area contributed by atoms with E-state index in [0.29, 0.717) is 23.5 Å². The van der Waals surface area contributed by atoms with Gasteiger partial charge in [-0.05, 0) is 44.2 Å². The molecule has 2 aromatic rings. The smallest absolute Gasteiger partial charge is 0.309 e. The number of aryl methyl sites for hydroxylation is 1. The molecule has 0 aliphatic rings. The predicted octanol–water partition coefficient (Wildman–Crippen LogP) is 2.70. The van der Waals surface area contributed by atoms with Crippen LogP contribution < -0.4 is 15.4 Å². The van der Waals surface area contributed by atoms with Gasteiger partial charge in [-0.1, -0.05) is 23.8 Å². The number of hydrogen-bond donors (Lipinski definition) is 2. The van der Waals surface area contributed by atoms with Crippen LogP contribution in [0.1, 0.15) is 29.3 Å². The highest BCUT2D eigenvalue weighted by molar-refractivity contribution is 5.97. The predicted molar refractivity (Wildman–Crippen MR) is 105 cm³/mol. The summed E-state index contributed by atoms with van der Waals surface area (Å²) in [6, 6.07) is 14.0. The summed E-state index contributed by atoms with van der Waals surface area (Å²) in [5, 5.41) is 5.28. The fourth-order valence-electron chi connectivity index (χ4n) is 2.30. The summed E-state index contributed by atoms with van der Waals surface area (Å²) in [6.07, 6.45) is 0.0355. The standard InChI is InChI=1S/C21H24N2O5/c1-3-22-21(26)16-5-4-6-17(13-16)23-19(24)14-28-20(25)11-12-27-18-9-7-15(2)8-10-18/h4-10,13H,3,11-12,14H2,1-2H3,(H,22,26)(H,23,24). The van der Waals surface area contributed by atoms with Crippen LogP contribution in [0.3, 0.4) is 0 Å². The summed E-state index contributed by atoms with van der Waals surface area (Å²) in [6.45, 7) is 4.07.